The Kier molecular flexibility index (Phi) is 45.8. The van der Waals surface area contributed by atoms with E-state index in [0.29, 0.717) is 19.3 Å². The maximum atomic E-state index is 12.8. The highest BCUT2D eigenvalue weighted by Gasteiger charge is 2.19. The summed E-state index contributed by atoms with van der Waals surface area (Å²) in [7, 11) is 0. The molecular weight excluding hydrogens is 721 g/mol. The predicted molar refractivity (Wildman–Crippen MR) is 247 cm³/mol. The highest BCUT2D eigenvalue weighted by molar-refractivity contribution is 5.71. The molecule has 0 saturated carbocycles. The lowest BCUT2D eigenvalue weighted by molar-refractivity contribution is -0.167. The fraction of sp³-hybridized carbons (Fsp3) is 0.865. The van der Waals surface area contributed by atoms with Gasteiger partial charge in [0.2, 0.25) is 0 Å². The molecule has 0 unspecified atom stereocenters. The molecule has 340 valence electrons. The fourth-order valence-corrected chi connectivity index (χ4v) is 7.31. The van der Waals surface area contributed by atoms with Gasteiger partial charge in [0.15, 0.2) is 6.10 Å². The summed E-state index contributed by atoms with van der Waals surface area (Å²) in [6.45, 7) is 6.62. The first-order chi connectivity index (χ1) is 28.5. The van der Waals surface area contributed by atoms with Gasteiger partial charge in [-0.25, -0.2) is 0 Å². The van der Waals surface area contributed by atoms with E-state index in [1.807, 2.05) is 0 Å². The summed E-state index contributed by atoms with van der Waals surface area (Å²) < 4.78 is 16.8. The molecule has 0 N–H and O–H groups in total. The van der Waals surface area contributed by atoms with Crippen molar-refractivity contribution in [2.24, 2.45) is 0 Å². The second-order valence-electron chi connectivity index (χ2n) is 17.1. The lowest BCUT2D eigenvalue weighted by Crippen LogP contribution is -2.30. The van der Waals surface area contributed by atoms with Crippen LogP contribution in [0.2, 0.25) is 0 Å². The zero-order valence-electron chi connectivity index (χ0n) is 38.8. The summed E-state index contributed by atoms with van der Waals surface area (Å²) in [5.74, 6) is -0.880. The Morgan fingerprint density at radius 3 is 0.879 bits per heavy atom. The molecule has 0 saturated heterocycles. The van der Waals surface area contributed by atoms with Crippen molar-refractivity contribution in [3.8, 4) is 0 Å². The molecule has 0 fully saturated rings. The molecule has 0 aliphatic rings. The number of allylic oxidation sites excluding steroid dienone is 4. The van der Waals surface area contributed by atoms with Crippen LogP contribution in [0.4, 0.5) is 0 Å². The van der Waals surface area contributed by atoms with Crippen LogP contribution in [0.25, 0.3) is 0 Å². The molecule has 0 aliphatic heterocycles. The zero-order valence-corrected chi connectivity index (χ0v) is 38.8. The molecule has 0 aliphatic carbocycles. The topological polar surface area (TPSA) is 78.9 Å². The molecule has 0 aromatic rings. The molecule has 0 heterocycles. The minimum Gasteiger partial charge on any atom is -0.462 e. The van der Waals surface area contributed by atoms with Crippen LogP contribution in [-0.4, -0.2) is 37.2 Å². The van der Waals surface area contributed by atoms with E-state index in [9.17, 15) is 14.4 Å². The molecule has 0 spiro atoms. The lowest BCUT2D eigenvalue weighted by atomic mass is 10.0. The molecule has 0 aromatic carbocycles. The van der Waals surface area contributed by atoms with Crippen LogP contribution in [-0.2, 0) is 28.6 Å². The summed E-state index contributed by atoms with van der Waals surface area (Å²) in [6.07, 6.45) is 52.9. The van der Waals surface area contributed by atoms with E-state index < -0.39 is 6.10 Å². The van der Waals surface area contributed by atoms with Crippen molar-refractivity contribution >= 4 is 17.9 Å². The number of hydrogen-bond donors (Lipinski definition) is 0. The van der Waals surface area contributed by atoms with Gasteiger partial charge in [0, 0.05) is 19.3 Å². The highest BCUT2D eigenvalue weighted by Crippen LogP contribution is 2.15. The molecule has 58 heavy (non-hydrogen) atoms. The number of ether oxygens (including phenoxy) is 3. The molecule has 1 atom stereocenters. The fourth-order valence-electron chi connectivity index (χ4n) is 7.31. The van der Waals surface area contributed by atoms with Crippen molar-refractivity contribution in [2.45, 2.75) is 277 Å². The standard InChI is InChI=1S/C52H96O6/c1-4-7-10-13-16-19-22-25-28-30-33-36-39-42-45-51(54)57-48-49(58-52(55)46-43-40-37-34-31-27-24-21-18-15-12-9-6-3)47-56-50(53)44-41-38-35-32-29-26-23-20-17-14-11-8-5-2/h20,22-23,25,49H,4-19,21,24,26-48H2,1-3H3/b23-20+,25-22-/t49-/m0/s1. The number of hydrogen-bond acceptors (Lipinski definition) is 6. The van der Waals surface area contributed by atoms with E-state index in [1.165, 1.54) is 161 Å². The third kappa shape index (κ3) is 45.0. The Hall–Kier alpha value is -2.11. The highest BCUT2D eigenvalue weighted by atomic mass is 16.6. The predicted octanol–water partition coefficient (Wildman–Crippen LogP) is 16.4. The van der Waals surface area contributed by atoms with Crippen molar-refractivity contribution < 1.29 is 28.6 Å². The van der Waals surface area contributed by atoms with Crippen molar-refractivity contribution in [1.29, 1.82) is 0 Å². The molecular formula is C52H96O6. The maximum Gasteiger partial charge on any atom is 0.306 e. The molecule has 0 bridgehead atoms. The summed E-state index contributed by atoms with van der Waals surface area (Å²) in [5.41, 5.74) is 0. The van der Waals surface area contributed by atoms with Crippen LogP contribution in [0.1, 0.15) is 271 Å². The summed E-state index contributed by atoms with van der Waals surface area (Å²) in [5, 5.41) is 0. The van der Waals surface area contributed by atoms with Crippen LogP contribution >= 0.6 is 0 Å². The Balaban J connectivity index is 4.37. The van der Waals surface area contributed by atoms with Crippen LogP contribution in [0.15, 0.2) is 24.3 Å². The first kappa shape index (κ1) is 55.9. The van der Waals surface area contributed by atoms with Crippen LogP contribution in [0.5, 0.6) is 0 Å². The average molecular weight is 817 g/mol. The largest absolute Gasteiger partial charge is 0.462 e. The van der Waals surface area contributed by atoms with Crippen molar-refractivity contribution in [3.63, 3.8) is 0 Å². The third-order valence-electron chi connectivity index (χ3n) is 11.2. The molecule has 6 heteroatoms. The second kappa shape index (κ2) is 47.6. The second-order valence-corrected chi connectivity index (χ2v) is 17.1. The van der Waals surface area contributed by atoms with Gasteiger partial charge < -0.3 is 14.2 Å². The van der Waals surface area contributed by atoms with Gasteiger partial charge >= 0.3 is 17.9 Å². The average Bonchev–Trinajstić information content (AvgIpc) is 3.22. The summed E-state index contributed by atoms with van der Waals surface area (Å²) >= 11 is 0. The van der Waals surface area contributed by atoms with E-state index in [0.717, 1.165) is 70.6 Å². The van der Waals surface area contributed by atoms with Gasteiger partial charge in [-0.2, -0.15) is 0 Å². The molecule has 0 radical (unpaired) electrons. The van der Waals surface area contributed by atoms with E-state index >= 15 is 0 Å². The normalized spacial score (nSPS) is 12.1. The van der Waals surface area contributed by atoms with Crippen LogP contribution in [0.3, 0.4) is 0 Å². The van der Waals surface area contributed by atoms with Gasteiger partial charge in [-0.15, -0.1) is 0 Å². The zero-order chi connectivity index (χ0) is 42.3. The van der Waals surface area contributed by atoms with E-state index in [4.69, 9.17) is 14.2 Å². The van der Waals surface area contributed by atoms with Gasteiger partial charge in [0.1, 0.15) is 13.2 Å². The van der Waals surface area contributed by atoms with Crippen LogP contribution in [0, 0.1) is 0 Å². The summed E-state index contributed by atoms with van der Waals surface area (Å²) in [4.78, 5) is 37.9. The summed E-state index contributed by atoms with van der Waals surface area (Å²) in [6, 6.07) is 0. The molecule has 0 amide bonds. The third-order valence-corrected chi connectivity index (χ3v) is 11.2. The minimum absolute atomic E-state index is 0.0748. The SMILES string of the molecule is CCCCCC/C=C/CCCCCCCC(=O)OC[C@@H](COC(=O)CCCCCCC/C=C\CCCCCCC)OC(=O)CCCCCCCCCCCCCCC. The lowest BCUT2D eigenvalue weighted by Gasteiger charge is -2.18. The Morgan fingerprint density at radius 1 is 0.328 bits per heavy atom. The maximum absolute atomic E-state index is 12.8. The Morgan fingerprint density at radius 2 is 0.569 bits per heavy atom. The number of esters is 3. The first-order valence-corrected chi connectivity index (χ1v) is 25.3. The molecule has 0 rings (SSSR count). The number of carbonyl (C=O) groups is 3. The van der Waals surface area contributed by atoms with Gasteiger partial charge in [0.05, 0.1) is 0 Å². The van der Waals surface area contributed by atoms with Gasteiger partial charge in [-0.3, -0.25) is 14.4 Å². The van der Waals surface area contributed by atoms with Crippen molar-refractivity contribution in [1.82, 2.24) is 0 Å². The monoisotopic (exact) mass is 817 g/mol. The van der Waals surface area contributed by atoms with Gasteiger partial charge in [-0.05, 0) is 70.6 Å². The molecule has 0 aromatic heterocycles. The van der Waals surface area contributed by atoms with E-state index in [-0.39, 0.29) is 31.1 Å². The van der Waals surface area contributed by atoms with Gasteiger partial charge in [-0.1, -0.05) is 206 Å². The molecule has 6 nitrogen and oxygen atoms in total. The van der Waals surface area contributed by atoms with Crippen LogP contribution < -0.4 is 0 Å². The first-order valence-electron chi connectivity index (χ1n) is 25.3. The Bertz CT molecular complexity index is 942. The number of carbonyl (C=O) groups excluding carboxylic acids is 3. The van der Waals surface area contributed by atoms with E-state index in [2.05, 4.69) is 45.1 Å². The van der Waals surface area contributed by atoms with Crippen molar-refractivity contribution in [2.75, 3.05) is 13.2 Å². The minimum atomic E-state index is -0.772. The number of unbranched alkanes of at least 4 members (excludes halogenated alkanes) is 31. The number of rotatable bonds is 46. The Labute approximate surface area is 360 Å². The smallest absolute Gasteiger partial charge is 0.306 e. The van der Waals surface area contributed by atoms with E-state index in [1.54, 1.807) is 0 Å². The quantitative estimate of drug-likeness (QED) is 0.0263. The van der Waals surface area contributed by atoms with Gasteiger partial charge in [0.25, 0.3) is 0 Å². The van der Waals surface area contributed by atoms with Crippen molar-refractivity contribution in [3.05, 3.63) is 24.3 Å².